The molecule has 0 amide bonds. The van der Waals surface area contributed by atoms with Crippen molar-refractivity contribution < 1.29 is 0 Å². The largest absolute Gasteiger partial charge is 0.312 e. The van der Waals surface area contributed by atoms with Gasteiger partial charge in [0.25, 0.3) is 0 Å². The van der Waals surface area contributed by atoms with Gasteiger partial charge < -0.3 is 10.2 Å². The lowest BCUT2D eigenvalue weighted by molar-refractivity contribution is 0.131. The lowest BCUT2D eigenvalue weighted by Gasteiger charge is -2.40. The van der Waals surface area contributed by atoms with Crippen molar-refractivity contribution in [3.63, 3.8) is 0 Å². The van der Waals surface area contributed by atoms with Crippen molar-refractivity contribution in [1.29, 1.82) is 0 Å². The van der Waals surface area contributed by atoms with Gasteiger partial charge in [0, 0.05) is 11.6 Å². The Hall–Kier alpha value is -0.0800. The predicted octanol–water partition coefficient (Wildman–Crippen LogP) is 3.28. The molecule has 0 spiro atoms. The molecule has 1 unspecified atom stereocenters. The van der Waals surface area contributed by atoms with E-state index in [1.807, 2.05) is 0 Å². The van der Waals surface area contributed by atoms with Crippen LogP contribution >= 0.6 is 0 Å². The summed E-state index contributed by atoms with van der Waals surface area (Å²) in [7, 11) is 4.35. The second-order valence-electron chi connectivity index (χ2n) is 5.51. The molecular weight excluding hydrogens is 196 g/mol. The Kier molecular flexibility index (Phi) is 8.04. The molecule has 0 rings (SSSR count). The van der Waals surface area contributed by atoms with Crippen molar-refractivity contribution in [2.45, 2.75) is 71.4 Å². The zero-order valence-electron chi connectivity index (χ0n) is 12.3. The van der Waals surface area contributed by atoms with Crippen LogP contribution in [0.5, 0.6) is 0 Å². The van der Waals surface area contributed by atoms with Crippen molar-refractivity contribution >= 4 is 0 Å². The zero-order chi connectivity index (χ0) is 12.6. The highest BCUT2D eigenvalue weighted by Crippen LogP contribution is 2.20. The molecule has 0 saturated carbocycles. The summed E-state index contributed by atoms with van der Waals surface area (Å²) in [5.41, 5.74) is 0.238. The van der Waals surface area contributed by atoms with Crippen LogP contribution in [0.4, 0.5) is 0 Å². The molecule has 0 aliphatic heterocycles. The highest BCUT2D eigenvalue weighted by Gasteiger charge is 2.30. The lowest BCUT2D eigenvalue weighted by atomic mass is 9.89. The van der Waals surface area contributed by atoms with Crippen LogP contribution in [0.25, 0.3) is 0 Å². The van der Waals surface area contributed by atoms with E-state index in [-0.39, 0.29) is 5.54 Å². The van der Waals surface area contributed by atoms with Gasteiger partial charge in [-0.2, -0.15) is 0 Å². The maximum atomic E-state index is 3.64. The van der Waals surface area contributed by atoms with Crippen LogP contribution in [-0.2, 0) is 0 Å². The van der Waals surface area contributed by atoms with Crippen LogP contribution < -0.4 is 5.32 Å². The van der Waals surface area contributed by atoms with Crippen molar-refractivity contribution in [3.05, 3.63) is 0 Å². The first-order chi connectivity index (χ1) is 7.46. The summed E-state index contributed by atoms with van der Waals surface area (Å²) in [5, 5.41) is 3.64. The van der Waals surface area contributed by atoms with Crippen LogP contribution in [0.15, 0.2) is 0 Å². The normalized spacial score (nSPS) is 14.4. The first kappa shape index (κ1) is 15.9. The Morgan fingerprint density at radius 3 is 2.12 bits per heavy atom. The van der Waals surface area contributed by atoms with E-state index in [4.69, 9.17) is 0 Å². The maximum Gasteiger partial charge on any atom is 0.0300 e. The van der Waals surface area contributed by atoms with Crippen LogP contribution in [0.2, 0.25) is 0 Å². The minimum atomic E-state index is 0.238. The summed E-state index contributed by atoms with van der Waals surface area (Å²) in [5.74, 6) is 0. The van der Waals surface area contributed by atoms with Crippen LogP contribution in [-0.4, -0.2) is 37.1 Å². The van der Waals surface area contributed by atoms with E-state index >= 15 is 0 Å². The summed E-state index contributed by atoms with van der Waals surface area (Å²) >= 11 is 0. The Morgan fingerprint density at radius 2 is 1.69 bits per heavy atom. The highest BCUT2D eigenvalue weighted by atomic mass is 15.2. The van der Waals surface area contributed by atoms with Gasteiger partial charge in [0.05, 0.1) is 0 Å². The average Bonchev–Trinajstić information content (AvgIpc) is 2.22. The number of unbranched alkanes of at least 4 members (excludes halogenated alkanes) is 3. The third-order valence-corrected chi connectivity index (χ3v) is 3.80. The molecular formula is C14H32N2. The molecule has 0 aromatic carbocycles. The quantitative estimate of drug-likeness (QED) is 0.609. The second kappa shape index (κ2) is 8.08. The van der Waals surface area contributed by atoms with Crippen LogP contribution in [0.1, 0.15) is 59.8 Å². The van der Waals surface area contributed by atoms with Gasteiger partial charge in [0.1, 0.15) is 0 Å². The summed E-state index contributed by atoms with van der Waals surface area (Å²) < 4.78 is 0. The third-order valence-electron chi connectivity index (χ3n) is 3.80. The average molecular weight is 228 g/mol. The number of nitrogens with zero attached hydrogens (tertiary/aromatic N) is 1. The third kappa shape index (κ3) is 5.31. The second-order valence-corrected chi connectivity index (χ2v) is 5.51. The fraction of sp³-hybridized carbons (Fsp3) is 1.00. The van der Waals surface area contributed by atoms with E-state index in [2.05, 4.69) is 52.0 Å². The van der Waals surface area contributed by atoms with Gasteiger partial charge in [-0.1, -0.05) is 39.5 Å². The fourth-order valence-corrected chi connectivity index (χ4v) is 2.04. The molecule has 0 radical (unpaired) electrons. The molecule has 1 N–H and O–H groups in total. The number of rotatable bonds is 9. The van der Waals surface area contributed by atoms with Gasteiger partial charge in [0.15, 0.2) is 0 Å². The van der Waals surface area contributed by atoms with Gasteiger partial charge >= 0.3 is 0 Å². The minimum absolute atomic E-state index is 0.238. The Labute approximate surface area is 103 Å². The van der Waals surface area contributed by atoms with E-state index in [9.17, 15) is 0 Å². The van der Waals surface area contributed by atoms with E-state index in [1.54, 1.807) is 0 Å². The van der Waals surface area contributed by atoms with E-state index in [0.29, 0.717) is 6.04 Å². The predicted molar refractivity (Wildman–Crippen MR) is 74.0 cm³/mol. The van der Waals surface area contributed by atoms with E-state index < -0.39 is 0 Å². The topological polar surface area (TPSA) is 15.3 Å². The summed E-state index contributed by atoms with van der Waals surface area (Å²) in [4.78, 5) is 2.33. The highest BCUT2D eigenvalue weighted by molar-refractivity contribution is 4.90. The van der Waals surface area contributed by atoms with Crippen molar-refractivity contribution in [2.75, 3.05) is 20.6 Å². The van der Waals surface area contributed by atoms with Gasteiger partial charge in [-0.3, -0.25) is 0 Å². The maximum absolute atomic E-state index is 3.64. The molecule has 0 heterocycles. The first-order valence-corrected chi connectivity index (χ1v) is 6.87. The number of nitrogens with one attached hydrogen (secondary N) is 1. The van der Waals surface area contributed by atoms with Gasteiger partial charge in [-0.05, 0) is 40.9 Å². The lowest BCUT2D eigenvalue weighted by Crippen LogP contribution is -2.55. The molecule has 1 atom stereocenters. The molecule has 0 bridgehead atoms. The number of hydrogen-bond donors (Lipinski definition) is 1. The Balaban J connectivity index is 4.15. The standard InChI is InChI=1S/C14H32N2/c1-7-9-10-11-12-13(15-8-2)14(3,4)16(5)6/h13,15H,7-12H2,1-6H3. The Morgan fingerprint density at radius 1 is 1.06 bits per heavy atom. The molecule has 0 saturated heterocycles. The van der Waals surface area contributed by atoms with Gasteiger partial charge in [-0.15, -0.1) is 0 Å². The van der Waals surface area contributed by atoms with Crippen molar-refractivity contribution in [1.82, 2.24) is 10.2 Å². The first-order valence-electron chi connectivity index (χ1n) is 6.87. The fourth-order valence-electron chi connectivity index (χ4n) is 2.04. The van der Waals surface area contributed by atoms with Crippen LogP contribution in [0, 0.1) is 0 Å². The molecule has 0 aromatic rings. The molecule has 0 aliphatic carbocycles. The monoisotopic (exact) mass is 228 g/mol. The van der Waals surface area contributed by atoms with Crippen molar-refractivity contribution in [2.24, 2.45) is 0 Å². The summed E-state index contributed by atoms with van der Waals surface area (Å²) in [6.07, 6.45) is 6.72. The Bertz CT molecular complexity index is 164. The molecule has 98 valence electrons. The van der Waals surface area contributed by atoms with Crippen LogP contribution in [0.3, 0.4) is 0 Å². The van der Waals surface area contributed by atoms with E-state index in [1.165, 1.54) is 32.1 Å². The summed E-state index contributed by atoms with van der Waals surface area (Å²) in [6.45, 7) is 10.2. The zero-order valence-corrected chi connectivity index (χ0v) is 12.3. The molecule has 2 nitrogen and oxygen atoms in total. The number of hydrogen-bond acceptors (Lipinski definition) is 2. The SMILES string of the molecule is CCCCCCC(NCC)C(C)(C)N(C)C. The minimum Gasteiger partial charge on any atom is -0.312 e. The van der Waals surface area contributed by atoms with Gasteiger partial charge in [0.2, 0.25) is 0 Å². The summed E-state index contributed by atoms with van der Waals surface area (Å²) in [6, 6.07) is 0.601. The molecule has 0 fully saturated rings. The number of likely N-dealkylation sites (N-methyl/N-ethyl adjacent to an activating group) is 2. The molecule has 0 aliphatic rings. The van der Waals surface area contributed by atoms with E-state index in [0.717, 1.165) is 6.54 Å². The molecule has 0 aromatic heterocycles. The molecule has 2 heteroatoms. The smallest absolute Gasteiger partial charge is 0.0300 e. The molecule has 16 heavy (non-hydrogen) atoms. The van der Waals surface area contributed by atoms with Crippen molar-refractivity contribution in [3.8, 4) is 0 Å². The van der Waals surface area contributed by atoms with Gasteiger partial charge in [-0.25, -0.2) is 0 Å².